The van der Waals surface area contributed by atoms with Crippen molar-refractivity contribution in [1.29, 1.82) is 0 Å². The number of ether oxygens (including phenoxy) is 1. The number of hydrogen-bond donors (Lipinski definition) is 3. The summed E-state index contributed by atoms with van der Waals surface area (Å²) in [6.45, 7) is 1.86. The van der Waals surface area contributed by atoms with Crippen molar-refractivity contribution >= 4 is 11.9 Å². The zero-order valence-electron chi connectivity index (χ0n) is 12.2. The van der Waals surface area contributed by atoms with Gasteiger partial charge in [0.05, 0.1) is 19.1 Å². The van der Waals surface area contributed by atoms with Gasteiger partial charge in [-0.25, -0.2) is 9.18 Å². The van der Waals surface area contributed by atoms with Gasteiger partial charge in [-0.05, 0) is 12.5 Å². The Morgan fingerprint density at radius 1 is 1.41 bits per heavy atom. The SMILES string of the molecule is NC(=O)NC(CC(=O)NCC1CCOC1)c1ccccc1F. The van der Waals surface area contributed by atoms with Crippen LogP contribution in [0.1, 0.15) is 24.4 Å². The maximum Gasteiger partial charge on any atom is 0.312 e. The number of urea groups is 1. The second-order valence-electron chi connectivity index (χ2n) is 5.32. The Labute approximate surface area is 128 Å². The molecule has 3 amide bonds. The molecule has 120 valence electrons. The molecule has 0 radical (unpaired) electrons. The number of nitrogens with one attached hydrogen (secondary N) is 2. The van der Waals surface area contributed by atoms with Crippen LogP contribution in [0.3, 0.4) is 0 Å². The van der Waals surface area contributed by atoms with Gasteiger partial charge in [0.15, 0.2) is 0 Å². The quantitative estimate of drug-likeness (QED) is 0.734. The number of nitrogens with two attached hydrogens (primary N) is 1. The normalized spacial score (nSPS) is 18.7. The van der Waals surface area contributed by atoms with Gasteiger partial charge in [0.2, 0.25) is 5.91 Å². The number of benzene rings is 1. The van der Waals surface area contributed by atoms with Crippen LogP contribution in [0.4, 0.5) is 9.18 Å². The van der Waals surface area contributed by atoms with Crippen molar-refractivity contribution in [2.24, 2.45) is 11.7 Å². The zero-order valence-corrected chi connectivity index (χ0v) is 12.2. The molecule has 2 atom stereocenters. The summed E-state index contributed by atoms with van der Waals surface area (Å²) in [4.78, 5) is 23.1. The molecule has 7 heteroatoms. The van der Waals surface area contributed by atoms with Crippen molar-refractivity contribution in [2.45, 2.75) is 18.9 Å². The second-order valence-corrected chi connectivity index (χ2v) is 5.32. The van der Waals surface area contributed by atoms with Gasteiger partial charge >= 0.3 is 6.03 Å². The van der Waals surface area contributed by atoms with Gasteiger partial charge in [0.25, 0.3) is 0 Å². The van der Waals surface area contributed by atoms with E-state index in [-0.39, 0.29) is 17.9 Å². The average molecular weight is 309 g/mol. The highest BCUT2D eigenvalue weighted by atomic mass is 19.1. The molecular formula is C15H20FN3O3. The second kappa shape index (κ2) is 7.74. The average Bonchev–Trinajstić information content (AvgIpc) is 2.98. The van der Waals surface area contributed by atoms with Crippen molar-refractivity contribution in [3.8, 4) is 0 Å². The number of hydrogen-bond acceptors (Lipinski definition) is 3. The first-order valence-corrected chi connectivity index (χ1v) is 7.21. The van der Waals surface area contributed by atoms with E-state index >= 15 is 0 Å². The zero-order chi connectivity index (χ0) is 15.9. The highest BCUT2D eigenvalue weighted by Crippen LogP contribution is 2.20. The molecule has 1 heterocycles. The highest BCUT2D eigenvalue weighted by molar-refractivity contribution is 5.78. The Morgan fingerprint density at radius 2 is 2.18 bits per heavy atom. The predicted molar refractivity (Wildman–Crippen MR) is 78.4 cm³/mol. The molecule has 1 aromatic carbocycles. The van der Waals surface area contributed by atoms with Crippen molar-refractivity contribution in [1.82, 2.24) is 10.6 Å². The predicted octanol–water partition coefficient (Wildman–Crippen LogP) is 1.08. The van der Waals surface area contributed by atoms with Gasteiger partial charge in [-0.15, -0.1) is 0 Å². The van der Waals surface area contributed by atoms with E-state index in [1.54, 1.807) is 12.1 Å². The van der Waals surface area contributed by atoms with Gasteiger partial charge in [0.1, 0.15) is 5.82 Å². The molecule has 0 spiro atoms. The van der Waals surface area contributed by atoms with Gasteiger partial charge in [-0.1, -0.05) is 18.2 Å². The molecule has 0 bridgehead atoms. The molecule has 1 aromatic rings. The van der Waals surface area contributed by atoms with Crippen molar-refractivity contribution in [3.63, 3.8) is 0 Å². The molecule has 0 aliphatic carbocycles. The Bertz CT molecular complexity index is 533. The molecule has 22 heavy (non-hydrogen) atoms. The third-order valence-electron chi connectivity index (χ3n) is 3.60. The summed E-state index contributed by atoms with van der Waals surface area (Å²) in [6, 6.07) is 4.39. The van der Waals surface area contributed by atoms with E-state index in [0.717, 1.165) is 6.42 Å². The van der Waals surface area contributed by atoms with Gasteiger partial charge in [-0.3, -0.25) is 4.79 Å². The Balaban J connectivity index is 1.95. The van der Waals surface area contributed by atoms with Crippen LogP contribution >= 0.6 is 0 Å². The maximum absolute atomic E-state index is 13.8. The largest absolute Gasteiger partial charge is 0.381 e. The van der Waals surface area contributed by atoms with E-state index < -0.39 is 17.9 Å². The van der Waals surface area contributed by atoms with Crippen LogP contribution in [-0.4, -0.2) is 31.7 Å². The van der Waals surface area contributed by atoms with E-state index in [4.69, 9.17) is 10.5 Å². The van der Waals surface area contributed by atoms with Crippen LogP contribution < -0.4 is 16.4 Å². The first-order chi connectivity index (χ1) is 10.6. The Morgan fingerprint density at radius 3 is 2.82 bits per heavy atom. The number of rotatable bonds is 6. The lowest BCUT2D eigenvalue weighted by atomic mass is 10.0. The van der Waals surface area contributed by atoms with Gasteiger partial charge in [0, 0.05) is 24.6 Å². The van der Waals surface area contributed by atoms with Crippen LogP contribution in [0.2, 0.25) is 0 Å². The van der Waals surface area contributed by atoms with Crippen molar-refractivity contribution < 1.29 is 18.7 Å². The molecule has 1 aliphatic rings. The molecule has 2 rings (SSSR count). The minimum Gasteiger partial charge on any atom is -0.381 e. The van der Waals surface area contributed by atoms with Crippen molar-refractivity contribution in [2.75, 3.05) is 19.8 Å². The summed E-state index contributed by atoms with van der Waals surface area (Å²) >= 11 is 0. The number of primary amides is 1. The Hall–Kier alpha value is -2.15. The Kier molecular flexibility index (Phi) is 5.71. The lowest BCUT2D eigenvalue weighted by Gasteiger charge is -2.19. The van der Waals surface area contributed by atoms with Crippen LogP contribution in [-0.2, 0) is 9.53 Å². The minimum absolute atomic E-state index is 0.0720. The fourth-order valence-corrected chi connectivity index (χ4v) is 2.43. The van der Waals surface area contributed by atoms with E-state index in [0.29, 0.717) is 25.7 Å². The van der Waals surface area contributed by atoms with Crippen LogP contribution in [0, 0.1) is 11.7 Å². The summed E-state index contributed by atoms with van der Waals surface area (Å²) in [5, 5.41) is 5.19. The summed E-state index contributed by atoms with van der Waals surface area (Å²) in [5.41, 5.74) is 5.35. The molecule has 6 nitrogen and oxygen atoms in total. The minimum atomic E-state index is -0.801. The first kappa shape index (κ1) is 16.2. The summed E-state index contributed by atoms with van der Waals surface area (Å²) in [5.74, 6) is -0.452. The molecule has 1 aliphatic heterocycles. The fourth-order valence-electron chi connectivity index (χ4n) is 2.43. The van der Waals surface area contributed by atoms with Crippen LogP contribution in [0.15, 0.2) is 24.3 Å². The summed E-state index contributed by atoms with van der Waals surface area (Å²) in [7, 11) is 0. The molecule has 2 unspecified atom stereocenters. The van der Waals surface area contributed by atoms with Crippen LogP contribution in [0.5, 0.6) is 0 Å². The standard InChI is InChI=1S/C15H20FN3O3/c16-12-4-2-1-3-11(12)13(19-15(17)21)7-14(20)18-8-10-5-6-22-9-10/h1-4,10,13H,5-9H2,(H,18,20)(H3,17,19,21). The first-order valence-electron chi connectivity index (χ1n) is 7.21. The monoisotopic (exact) mass is 309 g/mol. The van der Waals surface area contributed by atoms with E-state index in [1.165, 1.54) is 12.1 Å². The number of halogens is 1. The van der Waals surface area contributed by atoms with Gasteiger partial charge < -0.3 is 21.1 Å². The number of amides is 3. The lowest BCUT2D eigenvalue weighted by molar-refractivity contribution is -0.121. The molecule has 1 fully saturated rings. The fraction of sp³-hybridized carbons (Fsp3) is 0.467. The van der Waals surface area contributed by atoms with Gasteiger partial charge in [-0.2, -0.15) is 0 Å². The number of carbonyl (C=O) groups excluding carboxylic acids is 2. The van der Waals surface area contributed by atoms with E-state index in [9.17, 15) is 14.0 Å². The van der Waals surface area contributed by atoms with E-state index in [2.05, 4.69) is 10.6 Å². The smallest absolute Gasteiger partial charge is 0.312 e. The van der Waals surface area contributed by atoms with E-state index in [1.807, 2.05) is 0 Å². The number of carbonyl (C=O) groups is 2. The topological polar surface area (TPSA) is 93.5 Å². The maximum atomic E-state index is 13.8. The molecule has 0 aromatic heterocycles. The highest BCUT2D eigenvalue weighted by Gasteiger charge is 2.22. The molecular weight excluding hydrogens is 289 g/mol. The molecule has 0 saturated carbocycles. The van der Waals surface area contributed by atoms with Crippen molar-refractivity contribution in [3.05, 3.63) is 35.6 Å². The summed E-state index contributed by atoms with van der Waals surface area (Å²) in [6.07, 6.45) is 0.841. The summed E-state index contributed by atoms with van der Waals surface area (Å²) < 4.78 is 19.1. The third-order valence-corrected chi connectivity index (χ3v) is 3.60. The third kappa shape index (κ3) is 4.70. The molecule has 1 saturated heterocycles. The van der Waals surface area contributed by atoms with Crippen LogP contribution in [0.25, 0.3) is 0 Å². The lowest BCUT2D eigenvalue weighted by Crippen LogP contribution is -2.38. The molecule has 4 N–H and O–H groups in total.